The Balaban J connectivity index is 1.54. The van der Waals surface area contributed by atoms with Crippen LogP contribution in [0.25, 0.3) is 0 Å². The van der Waals surface area contributed by atoms with Crippen LogP contribution in [0.3, 0.4) is 0 Å². The lowest BCUT2D eigenvalue weighted by molar-refractivity contribution is -0.138. The molecule has 0 fully saturated rings. The van der Waals surface area contributed by atoms with Crippen LogP contribution in [-0.4, -0.2) is 28.0 Å². The van der Waals surface area contributed by atoms with Gasteiger partial charge in [-0.25, -0.2) is 4.98 Å². The molecule has 6 nitrogen and oxygen atoms in total. The number of rotatable bonds is 5. The first kappa shape index (κ1) is 22.4. The maximum Gasteiger partial charge on any atom is 0.416 e. The zero-order valence-electron chi connectivity index (χ0n) is 17.9. The minimum atomic E-state index is -4.52. The number of carbonyl (C=O) groups excluding carboxylic acids is 1. The van der Waals surface area contributed by atoms with Crippen molar-refractivity contribution in [3.8, 4) is 6.07 Å². The van der Waals surface area contributed by atoms with Crippen LogP contribution in [0, 0.1) is 11.3 Å². The topological polar surface area (TPSA) is 74.0 Å². The molecule has 1 amide bonds. The molecule has 170 valence electrons. The van der Waals surface area contributed by atoms with E-state index in [9.17, 15) is 23.2 Å². The number of carbonyl (C=O) groups is 1. The Labute approximate surface area is 189 Å². The number of imidazole rings is 1. The summed E-state index contributed by atoms with van der Waals surface area (Å²) in [6, 6.07) is 12.4. The minimum absolute atomic E-state index is 0.0581. The summed E-state index contributed by atoms with van der Waals surface area (Å²) in [5.41, 5.74) is 2.49. The quantitative estimate of drug-likeness (QED) is 0.641. The van der Waals surface area contributed by atoms with Gasteiger partial charge in [0.15, 0.2) is 0 Å². The van der Waals surface area contributed by atoms with E-state index in [1.165, 1.54) is 18.2 Å². The van der Waals surface area contributed by atoms with Gasteiger partial charge in [-0.15, -0.1) is 0 Å². The fraction of sp³-hybridized carbons (Fsp3) is 0.292. The highest BCUT2D eigenvalue weighted by Gasteiger charge is 2.34. The van der Waals surface area contributed by atoms with Crippen LogP contribution in [0.5, 0.6) is 0 Å². The molecule has 4 rings (SSSR count). The molecule has 2 aromatic carbocycles. The Hall–Kier alpha value is -3.80. The monoisotopic (exact) mass is 453 g/mol. The predicted octanol–water partition coefficient (Wildman–Crippen LogP) is 3.60. The summed E-state index contributed by atoms with van der Waals surface area (Å²) in [4.78, 5) is 18.9. The van der Waals surface area contributed by atoms with E-state index in [1.807, 2.05) is 17.7 Å². The first-order chi connectivity index (χ1) is 15.7. The van der Waals surface area contributed by atoms with E-state index >= 15 is 0 Å². The average Bonchev–Trinajstić information content (AvgIpc) is 3.17. The first-order valence-electron chi connectivity index (χ1n) is 10.4. The summed E-state index contributed by atoms with van der Waals surface area (Å²) in [6.45, 7) is 1.02. The maximum absolute atomic E-state index is 13.3. The normalized spacial score (nSPS) is 15.6. The number of halogens is 3. The molecule has 0 saturated carbocycles. The highest BCUT2D eigenvalue weighted by molar-refractivity contribution is 5.79. The van der Waals surface area contributed by atoms with Crippen LogP contribution in [0.1, 0.15) is 27.9 Å². The van der Waals surface area contributed by atoms with Crippen LogP contribution in [-0.2, 0) is 37.4 Å². The molecule has 0 spiro atoms. The lowest BCUT2D eigenvalue weighted by Gasteiger charge is -2.36. The number of hydrogen-bond donors (Lipinski definition) is 1. The summed E-state index contributed by atoms with van der Waals surface area (Å²) >= 11 is 0. The molecule has 1 atom stereocenters. The fourth-order valence-electron chi connectivity index (χ4n) is 4.20. The van der Waals surface area contributed by atoms with Crippen LogP contribution in [0.15, 0.2) is 55.0 Å². The molecule has 0 bridgehead atoms. The molecule has 3 aromatic rings. The number of fused-ring (bicyclic) bond motifs is 1. The number of aromatic nitrogens is 2. The number of hydrogen-bond acceptors (Lipinski definition) is 4. The van der Waals surface area contributed by atoms with Gasteiger partial charge in [0.1, 0.15) is 0 Å². The molecule has 33 heavy (non-hydrogen) atoms. The number of amides is 1. The molecule has 0 aliphatic carbocycles. The van der Waals surface area contributed by atoms with Crippen LogP contribution < -0.4 is 10.2 Å². The average molecular weight is 453 g/mol. The summed E-state index contributed by atoms with van der Waals surface area (Å²) < 4.78 is 41.8. The van der Waals surface area contributed by atoms with Crippen molar-refractivity contribution in [1.29, 1.82) is 5.26 Å². The molecule has 1 aliphatic heterocycles. The summed E-state index contributed by atoms with van der Waals surface area (Å²) in [6.07, 6.45) is -0.928. The lowest BCUT2D eigenvalue weighted by Crippen LogP contribution is -2.48. The molecular weight excluding hydrogens is 431 g/mol. The Kier molecular flexibility index (Phi) is 6.09. The zero-order chi connectivity index (χ0) is 23.6. The van der Waals surface area contributed by atoms with Crippen molar-refractivity contribution in [3.63, 3.8) is 0 Å². The van der Waals surface area contributed by atoms with Gasteiger partial charge in [0.05, 0.1) is 48.2 Å². The van der Waals surface area contributed by atoms with Gasteiger partial charge in [0.25, 0.3) is 0 Å². The van der Waals surface area contributed by atoms with Crippen LogP contribution in [0.4, 0.5) is 18.9 Å². The number of aryl methyl sites for hydroxylation is 1. The standard InChI is InChI=1S/C24H22F3N5O/c1-31-15-29-12-20(31)14-32-13-19(9-18-8-16(11-28)6-7-22(18)32)30-23(33)10-17-4-2-3-5-21(17)24(25,26)27/h2-8,12,15,19H,9-10,13-14H2,1H3,(H,30,33). The van der Waals surface area contributed by atoms with E-state index in [-0.39, 0.29) is 18.0 Å². The van der Waals surface area contributed by atoms with E-state index < -0.39 is 17.6 Å². The molecular formula is C24H22F3N5O. The van der Waals surface area contributed by atoms with Gasteiger partial charge in [-0.1, -0.05) is 18.2 Å². The van der Waals surface area contributed by atoms with Crippen LogP contribution in [0.2, 0.25) is 0 Å². The Bertz CT molecular complexity index is 1210. The molecule has 1 N–H and O–H groups in total. The van der Waals surface area contributed by atoms with Crippen molar-refractivity contribution in [2.75, 3.05) is 11.4 Å². The molecule has 1 aliphatic rings. The third-order valence-corrected chi connectivity index (χ3v) is 5.76. The van der Waals surface area contributed by atoms with E-state index in [0.717, 1.165) is 23.0 Å². The molecule has 0 radical (unpaired) electrons. The van der Waals surface area contributed by atoms with Crippen molar-refractivity contribution in [1.82, 2.24) is 14.9 Å². The Morgan fingerprint density at radius 2 is 2.06 bits per heavy atom. The number of nitrogens with zero attached hydrogens (tertiary/aromatic N) is 4. The molecule has 1 aromatic heterocycles. The van der Waals surface area contributed by atoms with Gasteiger partial charge < -0.3 is 14.8 Å². The van der Waals surface area contributed by atoms with Crippen molar-refractivity contribution < 1.29 is 18.0 Å². The molecule has 9 heteroatoms. The smallest absolute Gasteiger partial charge is 0.363 e. The molecule has 2 heterocycles. The third-order valence-electron chi connectivity index (χ3n) is 5.76. The number of nitrogens with one attached hydrogen (secondary N) is 1. The first-order valence-corrected chi connectivity index (χ1v) is 10.4. The highest BCUT2D eigenvalue weighted by atomic mass is 19.4. The lowest BCUT2D eigenvalue weighted by atomic mass is 9.95. The number of benzene rings is 2. The van der Waals surface area contributed by atoms with Gasteiger partial charge in [-0.2, -0.15) is 18.4 Å². The van der Waals surface area contributed by atoms with Crippen molar-refractivity contribution >= 4 is 11.6 Å². The molecule has 0 saturated heterocycles. The highest BCUT2D eigenvalue weighted by Crippen LogP contribution is 2.32. The van der Waals surface area contributed by atoms with Gasteiger partial charge in [-0.3, -0.25) is 4.79 Å². The second-order valence-corrected chi connectivity index (χ2v) is 8.13. The minimum Gasteiger partial charge on any atom is -0.363 e. The summed E-state index contributed by atoms with van der Waals surface area (Å²) in [5.74, 6) is -0.475. The van der Waals surface area contributed by atoms with E-state index in [0.29, 0.717) is 25.1 Å². The van der Waals surface area contributed by atoms with Crippen LogP contribution >= 0.6 is 0 Å². The maximum atomic E-state index is 13.3. The zero-order valence-corrected chi connectivity index (χ0v) is 17.9. The van der Waals surface area contributed by atoms with E-state index in [4.69, 9.17) is 0 Å². The SMILES string of the molecule is Cn1cncc1CN1CC(NC(=O)Cc2ccccc2C(F)(F)F)Cc2cc(C#N)ccc21. The predicted molar refractivity (Wildman–Crippen MR) is 116 cm³/mol. The van der Waals surface area contributed by atoms with Gasteiger partial charge >= 0.3 is 6.18 Å². The van der Waals surface area contributed by atoms with Gasteiger partial charge in [0.2, 0.25) is 5.91 Å². The van der Waals surface area contributed by atoms with Crippen molar-refractivity contribution in [3.05, 3.63) is 82.9 Å². The molecule has 1 unspecified atom stereocenters. The van der Waals surface area contributed by atoms with Gasteiger partial charge in [0, 0.05) is 25.5 Å². The summed E-state index contributed by atoms with van der Waals surface area (Å²) in [7, 11) is 1.89. The number of alkyl halides is 3. The Morgan fingerprint density at radius 1 is 1.27 bits per heavy atom. The number of anilines is 1. The second-order valence-electron chi connectivity index (χ2n) is 8.13. The van der Waals surface area contributed by atoms with E-state index in [2.05, 4.69) is 21.3 Å². The number of nitriles is 1. The van der Waals surface area contributed by atoms with Crippen molar-refractivity contribution in [2.45, 2.75) is 31.6 Å². The summed E-state index contributed by atoms with van der Waals surface area (Å²) in [5, 5.41) is 12.2. The fourth-order valence-corrected chi connectivity index (χ4v) is 4.20. The largest absolute Gasteiger partial charge is 0.416 e. The van der Waals surface area contributed by atoms with Gasteiger partial charge in [-0.05, 0) is 41.8 Å². The Morgan fingerprint density at radius 3 is 2.76 bits per heavy atom. The van der Waals surface area contributed by atoms with E-state index in [1.54, 1.807) is 24.7 Å². The van der Waals surface area contributed by atoms with Crippen molar-refractivity contribution in [2.24, 2.45) is 7.05 Å². The third kappa shape index (κ3) is 5.00. The second kappa shape index (κ2) is 8.98.